The molecule has 1 N–H and O–H groups in total. The molecule has 1 fully saturated rings. The third-order valence-corrected chi connectivity index (χ3v) is 8.06. The Morgan fingerprint density at radius 2 is 1.81 bits per heavy atom. The number of anilines is 1. The molecule has 1 aromatic carbocycles. The Kier molecular flexibility index (Phi) is 9.48. The van der Waals surface area contributed by atoms with E-state index in [-0.39, 0.29) is 34.5 Å². The van der Waals surface area contributed by atoms with Gasteiger partial charge in [-0.2, -0.15) is 13.2 Å². The third-order valence-electron chi connectivity index (χ3n) is 7.45. The summed E-state index contributed by atoms with van der Waals surface area (Å²) in [5.74, 6) is -5.19. The number of pyridine rings is 1. The summed E-state index contributed by atoms with van der Waals surface area (Å²) in [6, 6.07) is 8.63. The van der Waals surface area contributed by atoms with Crippen LogP contribution in [-0.4, -0.2) is 62.4 Å². The molecular formula is C31H31BrF5N5O5. The number of benzene rings is 1. The zero-order chi connectivity index (χ0) is 34.2. The highest BCUT2D eigenvalue weighted by molar-refractivity contribution is 9.10. The van der Waals surface area contributed by atoms with Crippen LogP contribution in [0.4, 0.5) is 32.4 Å². The van der Waals surface area contributed by atoms with E-state index in [2.05, 4.69) is 36.4 Å². The largest absolute Gasteiger partial charge is 0.444 e. The van der Waals surface area contributed by atoms with Gasteiger partial charge in [0.2, 0.25) is 5.60 Å². The van der Waals surface area contributed by atoms with Gasteiger partial charge >= 0.3 is 12.3 Å². The van der Waals surface area contributed by atoms with Crippen molar-refractivity contribution in [3.05, 3.63) is 70.2 Å². The Bertz CT molecular complexity index is 1650. The minimum absolute atomic E-state index is 0.0400. The highest BCUT2D eigenvalue weighted by atomic mass is 79.9. The number of nitrogens with zero attached hydrogens (tertiary/aromatic N) is 4. The lowest BCUT2D eigenvalue weighted by atomic mass is 9.86. The van der Waals surface area contributed by atoms with E-state index in [0.717, 1.165) is 0 Å². The van der Waals surface area contributed by atoms with Crippen LogP contribution >= 0.6 is 15.9 Å². The molecule has 0 spiro atoms. The minimum atomic E-state index is -5.07. The van der Waals surface area contributed by atoms with Gasteiger partial charge < -0.3 is 18.8 Å². The van der Waals surface area contributed by atoms with Gasteiger partial charge in [0, 0.05) is 31.8 Å². The van der Waals surface area contributed by atoms with Gasteiger partial charge in [-0.15, -0.1) is 10.2 Å². The van der Waals surface area contributed by atoms with Crippen LogP contribution in [0.2, 0.25) is 0 Å². The molecule has 3 aromatic rings. The third kappa shape index (κ3) is 7.64. The molecule has 1 aliphatic carbocycles. The van der Waals surface area contributed by atoms with Crippen molar-refractivity contribution in [2.45, 2.75) is 82.4 Å². The molecule has 3 heterocycles. The maximum atomic E-state index is 15.1. The fraction of sp³-hybridized carbons (Fsp3) is 0.452. The molecule has 252 valence electrons. The number of fused-ring (bicyclic) bond motifs is 5. The molecule has 16 heteroatoms. The number of hydrogen-bond acceptors (Lipinski definition) is 8. The highest BCUT2D eigenvalue weighted by Crippen LogP contribution is 2.47. The normalized spacial score (nSPS) is 21.0. The summed E-state index contributed by atoms with van der Waals surface area (Å²) >= 11 is 3.27. The second-order valence-corrected chi connectivity index (χ2v) is 13.1. The van der Waals surface area contributed by atoms with Gasteiger partial charge in [-0.25, -0.2) is 18.6 Å². The van der Waals surface area contributed by atoms with Crippen molar-refractivity contribution in [3.63, 3.8) is 0 Å². The summed E-state index contributed by atoms with van der Waals surface area (Å²) in [7, 11) is 0. The van der Waals surface area contributed by atoms with Gasteiger partial charge in [-0.1, -0.05) is 42.5 Å². The molecule has 0 saturated heterocycles. The van der Waals surface area contributed by atoms with Crippen LogP contribution in [0.3, 0.4) is 0 Å². The second kappa shape index (κ2) is 12.9. The van der Waals surface area contributed by atoms with Crippen LogP contribution in [0, 0.1) is 0 Å². The minimum Gasteiger partial charge on any atom is -0.444 e. The molecule has 2 amide bonds. The number of alkyl halides is 5. The average Bonchev–Trinajstić information content (AvgIpc) is 3.44. The quantitative estimate of drug-likeness (QED) is 0.209. The topological polar surface area (TPSA) is 120 Å². The van der Waals surface area contributed by atoms with Crippen LogP contribution in [0.25, 0.3) is 11.6 Å². The van der Waals surface area contributed by atoms with Gasteiger partial charge in [-0.05, 0) is 54.8 Å². The van der Waals surface area contributed by atoms with Crippen LogP contribution in [0.5, 0.6) is 0 Å². The van der Waals surface area contributed by atoms with Crippen LogP contribution in [0.1, 0.15) is 68.4 Å². The second-order valence-electron chi connectivity index (χ2n) is 12.2. The summed E-state index contributed by atoms with van der Waals surface area (Å²) in [5.41, 5.74) is -4.35. The molecule has 47 heavy (non-hydrogen) atoms. The van der Waals surface area contributed by atoms with Crippen molar-refractivity contribution in [3.8, 4) is 11.6 Å². The Balaban J connectivity index is 1.64. The molecule has 2 aliphatic rings. The van der Waals surface area contributed by atoms with Crippen LogP contribution in [0.15, 0.2) is 57.4 Å². The molecule has 1 aliphatic heterocycles. The molecule has 10 nitrogen and oxygen atoms in total. The van der Waals surface area contributed by atoms with E-state index in [1.807, 2.05) is 0 Å². The predicted molar refractivity (Wildman–Crippen MR) is 161 cm³/mol. The fourth-order valence-electron chi connectivity index (χ4n) is 5.12. The van der Waals surface area contributed by atoms with E-state index in [9.17, 15) is 18.4 Å². The first-order valence-electron chi connectivity index (χ1n) is 14.6. The number of carbonyl (C=O) groups is 2. The first-order chi connectivity index (χ1) is 22.0. The fourth-order valence-corrected chi connectivity index (χ4v) is 5.60. The summed E-state index contributed by atoms with van der Waals surface area (Å²) in [6.07, 6.45) is -5.29. The predicted octanol–water partition coefficient (Wildman–Crippen LogP) is 7.81. The van der Waals surface area contributed by atoms with Crippen LogP contribution < -0.4 is 5.32 Å². The number of rotatable bonds is 5. The van der Waals surface area contributed by atoms with Crippen molar-refractivity contribution in [1.82, 2.24) is 20.1 Å². The molecular weight excluding hydrogens is 697 g/mol. The Morgan fingerprint density at radius 3 is 2.45 bits per heavy atom. The number of hydrogen-bond donors (Lipinski definition) is 1. The maximum Gasteiger partial charge on any atom is 0.426 e. The lowest BCUT2D eigenvalue weighted by Crippen LogP contribution is -2.53. The Hall–Kier alpha value is -3.92. The van der Waals surface area contributed by atoms with E-state index in [1.165, 1.54) is 23.1 Å². The molecule has 5 rings (SSSR count). The first-order valence-corrected chi connectivity index (χ1v) is 15.4. The van der Waals surface area contributed by atoms with E-state index in [1.54, 1.807) is 51.1 Å². The van der Waals surface area contributed by atoms with Gasteiger partial charge in [0.15, 0.2) is 5.69 Å². The molecule has 1 unspecified atom stereocenters. The smallest absolute Gasteiger partial charge is 0.426 e. The highest BCUT2D eigenvalue weighted by Gasteiger charge is 2.61. The summed E-state index contributed by atoms with van der Waals surface area (Å²) < 4.78 is 89.6. The van der Waals surface area contributed by atoms with E-state index >= 15 is 13.2 Å². The molecule has 1 atom stereocenters. The molecule has 4 bridgehead atoms. The lowest BCUT2D eigenvalue weighted by Gasteiger charge is -2.42. The van der Waals surface area contributed by atoms with E-state index < -0.39 is 79.0 Å². The SMILES string of the molecule is CC(C)(C)OC(=O)Nc1cc(Br)c2nc1-c1nnc(o1)C(OCc1ccccc1)(C(F)(F)F)C/C=C/CCN(C1CC(F)(F)C1)C2=O. The van der Waals surface area contributed by atoms with Gasteiger partial charge in [-0.3, -0.25) is 10.1 Å². The number of nitrogens with one attached hydrogen (secondary N) is 1. The first kappa shape index (κ1) is 34.4. The number of amides is 2. The Morgan fingerprint density at radius 1 is 1.11 bits per heavy atom. The Labute approximate surface area is 274 Å². The lowest BCUT2D eigenvalue weighted by molar-refractivity contribution is -0.295. The van der Waals surface area contributed by atoms with Crippen molar-refractivity contribution in [2.75, 3.05) is 11.9 Å². The average molecular weight is 729 g/mol. The number of carbonyl (C=O) groups excluding carboxylic acids is 2. The molecule has 0 radical (unpaired) electrons. The number of ether oxygens (including phenoxy) is 2. The van der Waals surface area contributed by atoms with Crippen molar-refractivity contribution < 1.29 is 45.4 Å². The zero-order valence-corrected chi connectivity index (χ0v) is 27.1. The monoisotopic (exact) mass is 727 g/mol. The van der Waals surface area contributed by atoms with E-state index in [4.69, 9.17) is 13.9 Å². The van der Waals surface area contributed by atoms with Crippen LogP contribution in [-0.2, 0) is 21.7 Å². The van der Waals surface area contributed by atoms with Crippen molar-refractivity contribution >= 4 is 33.6 Å². The number of aromatic nitrogens is 3. The van der Waals surface area contributed by atoms with Crippen molar-refractivity contribution in [1.29, 1.82) is 0 Å². The van der Waals surface area contributed by atoms with Gasteiger partial charge in [0.1, 0.15) is 11.3 Å². The summed E-state index contributed by atoms with van der Waals surface area (Å²) in [4.78, 5) is 32.1. The standard InChI is InChI=1S/C31H31BrF5N5O5/c1-28(2,3)47-27(44)38-21-14-20(32)22-25(43)42(19-15-29(33,34)16-19)13-9-5-8-12-30(31(35,36)37,45-17-18-10-6-4-7-11-18)26-41-40-24(46-26)23(21)39-22/h4-8,10-11,14,19H,9,12-13,15-17H2,1-3H3,(H,38,44)/b8-5+. The summed E-state index contributed by atoms with van der Waals surface area (Å²) in [5, 5.41) is 10.0. The van der Waals surface area contributed by atoms with Gasteiger partial charge in [0.25, 0.3) is 23.6 Å². The van der Waals surface area contributed by atoms with Crippen molar-refractivity contribution in [2.24, 2.45) is 0 Å². The molecule has 2 aromatic heterocycles. The summed E-state index contributed by atoms with van der Waals surface area (Å²) in [6.45, 7) is 4.32. The maximum absolute atomic E-state index is 15.1. The number of halogens is 6. The zero-order valence-electron chi connectivity index (χ0n) is 25.5. The molecule has 1 saturated carbocycles. The van der Waals surface area contributed by atoms with E-state index in [0.29, 0.717) is 5.56 Å². The van der Waals surface area contributed by atoms with Gasteiger partial charge in [0.05, 0.1) is 16.8 Å².